The number of hydrogen-bond acceptors (Lipinski definition) is 12. The third-order valence-electron chi connectivity index (χ3n) is 15.6. The number of aromatic nitrogens is 1. The van der Waals surface area contributed by atoms with Gasteiger partial charge in [0.25, 0.3) is 0 Å². The van der Waals surface area contributed by atoms with Crippen LogP contribution in [-0.4, -0.2) is 128 Å². The quantitative estimate of drug-likeness (QED) is 0.157. The summed E-state index contributed by atoms with van der Waals surface area (Å²) in [7, 11) is 4.81. The van der Waals surface area contributed by atoms with Gasteiger partial charge in [-0.25, -0.2) is 4.79 Å². The van der Waals surface area contributed by atoms with Crippen LogP contribution in [0.15, 0.2) is 60.2 Å². The lowest BCUT2D eigenvalue weighted by Crippen LogP contribution is -2.81. The predicted molar refractivity (Wildman–Crippen MR) is 237 cm³/mol. The molecule has 0 radical (unpaired) electrons. The molecule has 6 heterocycles. The van der Waals surface area contributed by atoms with Crippen molar-refractivity contribution in [1.82, 2.24) is 14.5 Å². The van der Waals surface area contributed by atoms with E-state index in [9.17, 15) is 14.7 Å². The van der Waals surface area contributed by atoms with E-state index in [2.05, 4.69) is 76.2 Å². The summed E-state index contributed by atoms with van der Waals surface area (Å²) in [6, 6.07) is 11.4. The minimum absolute atomic E-state index is 0.00419. The van der Waals surface area contributed by atoms with E-state index in [4.69, 9.17) is 18.9 Å². The Labute approximate surface area is 364 Å². The van der Waals surface area contributed by atoms with Crippen LogP contribution in [0.1, 0.15) is 82.7 Å². The molecule has 6 aliphatic rings. The highest BCUT2D eigenvalue weighted by molar-refractivity contribution is 5.95. The Hall–Kier alpha value is -4.85. The van der Waals surface area contributed by atoms with Crippen LogP contribution in [0.4, 0.5) is 5.69 Å². The van der Waals surface area contributed by atoms with Gasteiger partial charge in [-0.05, 0) is 81.7 Å². The SMILES string of the molecule is CCNn1c2c(c3ccccc31)CCN1CC(CC)=C[C@H](C1)C[C@]2(C(=O)OCC)c1cc2c(cc1OC)N(C)C1C(O)(C(=O)OC)[C@H](OC(C)=O)[C@]3(CC)C=CCN4CC[C@]21[C@@H]43. The molecule has 1 spiro atoms. The number of carbonyl (C=O) groups excluding carboxylic acids is 3. The summed E-state index contributed by atoms with van der Waals surface area (Å²) in [6.07, 6.45) is 8.41. The molecule has 2 aromatic carbocycles. The number of carbonyl (C=O) groups is 3. The first kappa shape index (κ1) is 42.5. The first-order valence-electron chi connectivity index (χ1n) is 22.7. The normalized spacial score (nSPS) is 33.2. The molecule has 3 unspecified atom stereocenters. The van der Waals surface area contributed by atoms with Gasteiger partial charge in [0.2, 0.25) is 5.60 Å². The zero-order valence-electron chi connectivity index (χ0n) is 37.6. The van der Waals surface area contributed by atoms with Gasteiger partial charge in [-0.15, -0.1) is 0 Å². The van der Waals surface area contributed by atoms with Gasteiger partial charge in [0.15, 0.2) is 6.10 Å². The van der Waals surface area contributed by atoms with Crippen LogP contribution >= 0.6 is 0 Å². The molecule has 5 aliphatic heterocycles. The van der Waals surface area contributed by atoms with Crippen LogP contribution in [0.25, 0.3) is 10.9 Å². The monoisotopic (exact) mass is 849 g/mol. The van der Waals surface area contributed by atoms with Crippen molar-refractivity contribution in [1.29, 1.82) is 0 Å². The standard InChI is InChI=1S/C49H63N5O8/c1-9-31-24-32-27-48(44(56)61-12-4,40-34(18-22-52(28-31)29-32)33-16-13-14-17-37(33)54(40)50-11-3)36-25-35-38(26-39(36)59-7)51(6)42-47(35)20-23-53-21-15-19-46(10-2,41(47)53)43(62-30(5)55)49(42,58)45(57)60-8/h13-17,19,24-26,32,41-43,50,58H,9-12,18,20-23,27-29H2,1-8H3/t32-,41-,42?,43+,46+,47+,48-,49?/m0/s1. The Morgan fingerprint density at radius 2 is 1.79 bits per heavy atom. The van der Waals surface area contributed by atoms with E-state index < -0.39 is 45.9 Å². The summed E-state index contributed by atoms with van der Waals surface area (Å²) < 4.78 is 26.7. The molecule has 13 heteroatoms. The molecule has 1 saturated carbocycles. The Balaban J connectivity index is 1.41. The van der Waals surface area contributed by atoms with Crippen molar-refractivity contribution >= 4 is 34.5 Å². The van der Waals surface area contributed by atoms with Gasteiger partial charge < -0.3 is 34.4 Å². The van der Waals surface area contributed by atoms with Gasteiger partial charge >= 0.3 is 17.9 Å². The Morgan fingerprint density at radius 1 is 1.00 bits per heavy atom. The topological polar surface area (TPSA) is 135 Å². The zero-order valence-corrected chi connectivity index (χ0v) is 37.6. The summed E-state index contributed by atoms with van der Waals surface area (Å²) >= 11 is 0. The van der Waals surface area contributed by atoms with Gasteiger partial charge in [0.1, 0.15) is 11.2 Å². The van der Waals surface area contributed by atoms with Crippen molar-refractivity contribution in [2.45, 2.75) is 101 Å². The molecule has 3 aromatic rings. The Kier molecular flexibility index (Phi) is 10.6. The van der Waals surface area contributed by atoms with Crippen molar-refractivity contribution in [3.8, 4) is 5.75 Å². The molecule has 2 fully saturated rings. The molecule has 62 heavy (non-hydrogen) atoms. The third-order valence-corrected chi connectivity index (χ3v) is 15.6. The molecule has 9 atom stereocenters. The minimum Gasteiger partial charge on any atom is -0.496 e. The van der Waals surface area contributed by atoms with E-state index in [1.165, 1.54) is 19.6 Å². The molecular weight excluding hydrogens is 787 g/mol. The average Bonchev–Trinajstić information content (AvgIpc) is 3.91. The van der Waals surface area contributed by atoms with Crippen LogP contribution in [0.5, 0.6) is 5.75 Å². The number of para-hydroxylation sites is 1. The Morgan fingerprint density at radius 3 is 2.48 bits per heavy atom. The van der Waals surface area contributed by atoms with E-state index in [1.807, 2.05) is 37.9 Å². The van der Waals surface area contributed by atoms with Crippen LogP contribution < -0.4 is 15.1 Å². The van der Waals surface area contributed by atoms with Gasteiger partial charge in [0, 0.05) is 86.3 Å². The smallest absolute Gasteiger partial charge is 0.344 e. The molecule has 1 saturated heterocycles. The van der Waals surface area contributed by atoms with E-state index in [0.29, 0.717) is 56.6 Å². The lowest BCUT2D eigenvalue weighted by Gasteiger charge is -2.63. The number of methoxy groups -OCH3 is 2. The zero-order chi connectivity index (χ0) is 43.9. The lowest BCUT2D eigenvalue weighted by molar-refractivity contribution is -0.228. The lowest BCUT2D eigenvalue weighted by atomic mass is 9.47. The fraction of sp³-hybridized carbons (Fsp3) is 0.571. The largest absolute Gasteiger partial charge is 0.496 e. The van der Waals surface area contributed by atoms with Crippen molar-refractivity contribution in [3.63, 3.8) is 0 Å². The first-order valence-corrected chi connectivity index (χ1v) is 22.7. The van der Waals surface area contributed by atoms with Crippen LogP contribution in [0, 0.1) is 11.3 Å². The summed E-state index contributed by atoms with van der Waals surface area (Å²) in [5.74, 6) is -1.30. The summed E-state index contributed by atoms with van der Waals surface area (Å²) in [4.78, 5) is 50.4. The molecule has 2 N–H and O–H groups in total. The van der Waals surface area contributed by atoms with E-state index >= 15 is 4.79 Å². The number of benzene rings is 2. The molecule has 2 bridgehead atoms. The van der Waals surface area contributed by atoms with Crippen LogP contribution in [0.2, 0.25) is 0 Å². The van der Waals surface area contributed by atoms with Crippen molar-refractivity contribution in [3.05, 3.63) is 82.6 Å². The van der Waals surface area contributed by atoms with Gasteiger partial charge in [-0.2, -0.15) is 0 Å². The van der Waals surface area contributed by atoms with Crippen molar-refractivity contribution < 1.29 is 38.4 Å². The number of aliphatic hydroxyl groups is 1. The number of ether oxygens (including phenoxy) is 4. The molecule has 1 aromatic heterocycles. The van der Waals surface area contributed by atoms with Crippen LogP contribution in [-0.2, 0) is 45.8 Å². The Bertz CT molecular complexity index is 2370. The van der Waals surface area contributed by atoms with Crippen LogP contribution in [0.3, 0.4) is 0 Å². The maximum absolute atomic E-state index is 15.9. The fourth-order valence-corrected chi connectivity index (χ4v) is 13.6. The molecule has 1 aliphatic carbocycles. The predicted octanol–water partition coefficient (Wildman–Crippen LogP) is 5.22. The number of likely N-dealkylation sites (N-methyl/N-ethyl adjacent to an activating group) is 1. The summed E-state index contributed by atoms with van der Waals surface area (Å²) in [6.45, 7) is 14.1. The highest BCUT2D eigenvalue weighted by Crippen LogP contribution is 2.68. The molecule has 9 rings (SSSR count). The highest BCUT2D eigenvalue weighted by atomic mass is 16.6. The second-order valence-corrected chi connectivity index (χ2v) is 18.4. The van der Waals surface area contributed by atoms with E-state index in [0.717, 1.165) is 59.5 Å². The van der Waals surface area contributed by atoms with Crippen molar-refractivity contribution in [2.75, 3.05) is 77.5 Å². The first-order chi connectivity index (χ1) is 29.9. The van der Waals surface area contributed by atoms with E-state index in [1.54, 1.807) is 7.11 Å². The van der Waals surface area contributed by atoms with Gasteiger partial charge in [-0.1, -0.05) is 55.8 Å². The van der Waals surface area contributed by atoms with Gasteiger partial charge in [-0.3, -0.25) is 24.1 Å². The number of hydrogen-bond donors (Lipinski definition) is 2. The molecular formula is C49H63N5O8. The summed E-state index contributed by atoms with van der Waals surface area (Å²) in [5, 5.41) is 14.5. The second-order valence-electron chi connectivity index (χ2n) is 18.4. The van der Waals surface area contributed by atoms with E-state index in [-0.39, 0.29) is 24.5 Å². The summed E-state index contributed by atoms with van der Waals surface area (Å²) in [5.41, 5.74) is 4.78. The molecule has 0 amide bonds. The number of nitrogens with one attached hydrogen (secondary N) is 1. The number of rotatable bonds is 10. The van der Waals surface area contributed by atoms with Gasteiger partial charge in [0.05, 0.1) is 38.1 Å². The fourth-order valence-electron chi connectivity index (χ4n) is 13.6. The number of esters is 3. The third kappa shape index (κ3) is 5.59. The maximum Gasteiger partial charge on any atom is 0.344 e. The maximum atomic E-state index is 15.9. The van der Waals surface area contributed by atoms with Crippen molar-refractivity contribution in [2.24, 2.45) is 11.3 Å². The molecule has 13 nitrogen and oxygen atoms in total. The average molecular weight is 850 g/mol. The second kappa shape index (κ2) is 15.4. The minimum atomic E-state index is -2.29. The molecule has 332 valence electrons. The highest BCUT2D eigenvalue weighted by Gasteiger charge is 2.80. The number of fused-ring (bicyclic) bond motifs is 6. The number of nitrogens with zero attached hydrogens (tertiary/aromatic N) is 4. The number of anilines is 1.